The van der Waals surface area contributed by atoms with Crippen LogP contribution in [-0.2, 0) is 6.54 Å². The lowest BCUT2D eigenvalue weighted by Gasteiger charge is -2.16. The molecule has 1 N–H and O–H groups in total. The van der Waals surface area contributed by atoms with Crippen LogP contribution in [0.4, 0.5) is 4.39 Å². The lowest BCUT2D eigenvalue weighted by molar-refractivity contribution is 0.220. The molecule has 1 saturated heterocycles. The number of rotatable bonds is 3. The predicted molar refractivity (Wildman–Crippen MR) is 61.9 cm³/mol. The van der Waals surface area contributed by atoms with Gasteiger partial charge in [-0.15, -0.1) is 0 Å². The van der Waals surface area contributed by atoms with Crippen LogP contribution in [0.5, 0.6) is 0 Å². The topological polar surface area (TPSA) is 23.5 Å². The minimum Gasteiger partial charge on any atom is -0.396 e. The first-order valence-electron chi connectivity index (χ1n) is 5.46. The Labute approximate surface area is 99.6 Å². The van der Waals surface area contributed by atoms with Gasteiger partial charge in [0.2, 0.25) is 0 Å². The highest BCUT2D eigenvalue weighted by molar-refractivity contribution is 6.31. The van der Waals surface area contributed by atoms with E-state index in [1.54, 1.807) is 6.07 Å². The van der Waals surface area contributed by atoms with Crippen molar-refractivity contribution in [2.75, 3.05) is 19.7 Å². The van der Waals surface area contributed by atoms with E-state index in [-0.39, 0.29) is 12.4 Å². The van der Waals surface area contributed by atoms with E-state index in [2.05, 4.69) is 4.90 Å². The van der Waals surface area contributed by atoms with Gasteiger partial charge in [0.15, 0.2) is 0 Å². The molecule has 1 aromatic rings. The molecule has 0 unspecified atom stereocenters. The van der Waals surface area contributed by atoms with Gasteiger partial charge in [0.05, 0.1) is 0 Å². The Morgan fingerprint density at radius 3 is 2.94 bits per heavy atom. The number of nitrogens with zero attached hydrogens (tertiary/aromatic N) is 1. The Morgan fingerprint density at radius 1 is 1.50 bits per heavy atom. The van der Waals surface area contributed by atoms with Gasteiger partial charge in [-0.25, -0.2) is 4.39 Å². The maximum Gasteiger partial charge on any atom is 0.124 e. The van der Waals surface area contributed by atoms with Crippen LogP contribution < -0.4 is 0 Å². The number of aliphatic hydroxyl groups excluding tert-OH is 1. The molecule has 0 saturated carbocycles. The lowest BCUT2D eigenvalue weighted by atomic mass is 10.1. The van der Waals surface area contributed by atoms with E-state index in [4.69, 9.17) is 16.7 Å². The van der Waals surface area contributed by atoms with Gasteiger partial charge < -0.3 is 5.11 Å². The number of likely N-dealkylation sites (tertiary alicyclic amines) is 1. The van der Waals surface area contributed by atoms with Crippen molar-refractivity contribution in [2.45, 2.75) is 13.0 Å². The van der Waals surface area contributed by atoms with Gasteiger partial charge in [-0.1, -0.05) is 17.7 Å². The largest absolute Gasteiger partial charge is 0.396 e. The molecule has 0 radical (unpaired) electrons. The van der Waals surface area contributed by atoms with Crippen molar-refractivity contribution in [3.05, 3.63) is 34.6 Å². The molecular weight excluding hydrogens is 229 g/mol. The van der Waals surface area contributed by atoms with E-state index in [1.807, 2.05) is 0 Å². The average Bonchev–Trinajstić information content (AvgIpc) is 2.70. The van der Waals surface area contributed by atoms with Gasteiger partial charge in [0.25, 0.3) is 0 Å². The fraction of sp³-hybridized carbons (Fsp3) is 0.500. The van der Waals surface area contributed by atoms with E-state index < -0.39 is 0 Å². The van der Waals surface area contributed by atoms with Crippen molar-refractivity contribution in [1.82, 2.24) is 4.90 Å². The molecule has 4 heteroatoms. The monoisotopic (exact) mass is 243 g/mol. The summed E-state index contributed by atoms with van der Waals surface area (Å²) in [6.45, 7) is 2.84. The summed E-state index contributed by atoms with van der Waals surface area (Å²) in [6, 6.07) is 4.50. The Morgan fingerprint density at radius 2 is 2.31 bits per heavy atom. The number of hydrogen-bond acceptors (Lipinski definition) is 2. The molecule has 1 aliphatic heterocycles. The summed E-state index contributed by atoms with van der Waals surface area (Å²) >= 11 is 5.96. The van der Waals surface area contributed by atoms with Gasteiger partial charge in [-0.2, -0.15) is 0 Å². The molecule has 1 aliphatic rings. The molecule has 2 rings (SSSR count). The van der Waals surface area contributed by atoms with Crippen LogP contribution in [0, 0.1) is 11.7 Å². The molecular formula is C12H15ClFNO. The van der Waals surface area contributed by atoms with E-state index in [1.165, 1.54) is 12.1 Å². The summed E-state index contributed by atoms with van der Waals surface area (Å²) < 4.78 is 12.8. The zero-order valence-corrected chi connectivity index (χ0v) is 9.75. The van der Waals surface area contributed by atoms with Crippen LogP contribution in [0.2, 0.25) is 5.02 Å². The maximum atomic E-state index is 12.8. The molecule has 0 spiro atoms. The van der Waals surface area contributed by atoms with Crippen molar-refractivity contribution in [3.8, 4) is 0 Å². The summed E-state index contributed by atoms with van der Waals surface area (Å²) in [4.78, 5) is 2.24. The Balaban J connectivity index is 1.99. The van der Waals surface area contributed by atoms with E-state index in [9.17, 15) is 4.39 Å². The number of hydrogen-bond donors (Lipinski definition) is 1. The SMILES string of the molecule is OC[C@H]1CCN(Cc2ccc(F)cc2Cl)C1. The average molecular weight is 244 g/mol. The summed E-state index contributed by atoms with van der Waals surface area (Å²) in [5, 5.41) is 9.52. The van der Waals surface area contributed by atoms with Crippen molar-refractivity contribution in [2.24, 2.45) is 5.92 Å². The van der Waals surface area contributed by atoms with Gasteiger partial charge in [0.1, 0.15) is 5.82 Å². The van der Waals surface area contributed by atoms with Crippen LogP contribution in [0.1, 0.15) is 12.0 Å². The highest BCUT2D eigenvalue weighted by atomic mass is 35.5. The van der Waals surface area contributed by atoms with Crippen molar-refractivity contribution < 1.29 is 9.50 Å². The molecule has 0 aliphatic carbocycles. The summed E-state index contributed by atoms with van der Waals surface area (Å²) in [5.74, 6) is 0.0719. The second-order valence-electron chi connectivity index (χ2n) is 4.31. The second kappa shape index (κ2) is 5.13. The number of benzene rings is 1. The van der Waals surface area contributed by atoms with Crippen LogP contribution in [0.25, 0.3) is 0 Å². The Bertz CT molecular complexity index is 372. The molecule has 0 bridgehead atoms. The Kier molecular flexibility index (Phi) is 3.79. The quantitative estimate of drug-likeness (QED) is 0.881. The summed E-state index contributed by atoms with van der Waals surface area (Å²) in [5.41, 5.74) is 0.946. The molecule has 0 aromatic heterocycles. The van der Waals surface area contributed by atoms with Crippen LogP contribution >= 0.6 is 11.6 Å². The highest BCUT2D eigenvalue weighted by Gasteiger charge is 2.22. The van der Waals surface area contributed by atoms with Crippen LogP contribution in [0.3, 0.4) is 0 Å². The standard InChI is InChI=1S/C12H15ClFNO/c13-12-5-11(14)2-1-10(12)7-15-4-3-9(6-15)8-16/h1-2,5,9,16H,3-4,6-8H2/t9-/m0/s1. The van der Waals surface area contributed by atoms with Crippen LogP contribution in [0.15, 0.2) is 18.2 Å². The molecule has 0 amide bonds. The normalized spacial score (nSPS) is 21.6. The van der Waals surface area contributed by atoms with Gasteiger partial charge >= 0.3 is 0 Å². The lowest BCUT2D eigenvalue weighted by Crippen LogP contribution is -2.21. The molecule has 2 nitrogen and oxygen atoms in total. The third-order valence-electron chi connectivity index (χ3n) is 3.04. The molecule has 16 heavy (non-hydrogen) atoms. The van der Waals surface area contributed by atoms with Crippen LogP contribution in [-0.4, -0.2) is 29.7 Å². The summed E-state index contributed by atoms with van der Waals surface area (Å²) in [7, 11) is 0. The molecule has 88 valence electrons. The summed E-state index contributed by atoms with van der Waals surface area (Å²) in [6.07, 6.45) is 1.02. The smallest absolute Gasteiger partial charge is 0.124 e. The van der Waals surface area contributed by atoms with Gasteiger partial charge in [-0.3, -0.25) is 4.90 Å². The first-order chi connectivity index (χ1) is 7.69. The first kappa shape index (κ1) is 11.8. The van der Waals surface area contributed by atoms with Crippen molar-refractivity contribution >= 4 is 11.6 Å². The minimum atomic E-state index is -0.302. The zero-order valence-electron chi connectivity index (χ0n) is 9.00. The maximum absolute atomic E-state index is 12.8. The van der Waals surface area contributed by atoms with E-state index in [0.29, 0.717) is 10.9 Å². The van der Waals surface area contributed by atoms with Gasteiger partial charge in [0, 0.05) is 24.7 Å². The fourth-order valence-corrected chi connectivity index (χ4v) is 2.32. The third-order valence-corrected chi connectivity index (χ3v) is 3.39. The molecule has 1 fully saturated rings. The van der Waals surface area contributed by atoms with E-state index >= 15 is 0 Å². The van der Waals surface area contributed by atoms with E-state index in [0.717, 1.165) is 31.6 Å². The first-order valence-corrected chi connectivity index (χ1v) is 5.84. The number of aliphatic hydroxyl groups is 1. The van der Waals surface area contributed by atoms with Crippen molar-refractivity contribution in [1.29, 1.82) is 0 Å². The Hall–Kier alpha value is -0.640. The predicted octanol–water partition coefficient (Wildman–Crippen LogP) is 2.29. The highest BCUT2D eigenvalue weighted by Crippen LogP contribution is 2.22. The van der Waals surface area contributed by atoms with Crippen molar-refractivity contribution in [3.63, 3.8) is 0 Å². The molecule has 1 atom stereocenters. The molecule has 1 aromatic carbocycles. The zero-order chi connectivity index (χ0) is 11.5. The third kappa shape index (κ3) is 2.73. The fourth-order valence-electron chi connectivity index (χ4n) is 2.10. The number of halogens is 2. The van der Waals surface area contributed by atoms with Gasteiger partial charge in [-0.05, 0) is 36.6 Å². The minimum absolute atomic E-state index is 0.244. The second-order valence-corrected chi connectivity index (χ2v) is 4.72. The molecule has 1 heterocycles.